The molecule has 0 saturated heterocycles. The molecule has 0 aliphatic heterocycles. The summed E-state index contributed by atoms with van der Waals surface area (Å²) in [5, 5.41) is 6.27. The van der Waals surface area contributed by atoms with Crippen molar-refractivity contribution in [3.05, 3.63) is 58.6 Å². The molecular weight excluding hydrogens is 354 g/mol. The number of imidazole rings is 2. The molecule has 0 unspecified atom stereocenters. The van der Waals surface area contributed by atoms with Gasteiger partial charge in [-0.3, -0.25) is 0 Å². The number of aromatic amines is 1. The molecule has 1 N–H and O–H groups in total. The average Bonchev–Trinajstić information content (AvgIpc) is 3.26. The van der Waals surface area contributed by atoms with Crippen molar-refractivity contribution < 1.29 is 0 Å². The van der Waals surface area contributed by atoms with E-state index < -0.39 is 0 Å². The third-order valence-electron chi connectivity index (χ3n) is 4.04. The zero-order chi connectivity index (χ0) is 17.0. The molecule has 0 fully saturated rings. The van der Waals surface area contributed by atoms with E-state index in [0.29, 0.717) is 5.02 Å². The standard InChI is InChI=1S/C18H12ClN5S/c1-10-23-24-16(17-20-13-4-2-3-5-14(13)21-17)15(22-18(24)25-10)11-6-8-12(19)9-7-11/h2-9H,1H3,(H,20,21). The Hall–Kier alpha value is -2.70. The van der Waals surface area contributed by atoms with E-state index >= 15 is 0 Å². The van der Waals surface area contributed by atoms with Crippen LogP contribution in [-0.4, -0.2) is 24.6 Å². The third-order valence-corrected chi connectivity index (χ3v) is 5.11. The van der Waals surface area contributed by atoms with E-state index in [4.69, 9.17) is 21.6 Å². The largest absolute Gasteiger partial charge is 0.337 e. The van der Waals surface area contributed by atoms with Crippen molar-refractivity contribution >= 4 is 38.9 Å². The van der Waals surface area contributed by atoms with Gasteiger partial charge in [-0.2, -0.15) is 9.61 Å². The number of para-hydroxylation sites is 2. The number of aryl methyl sites for hydroxylation is 1. The molecule has 7 heteroatoms. The van der Waals surface area contributed by atoms with E-state index in [-0.39, 0.29) is 0 Å². The zero-order valence-corrected chi connectivity index (χ0v) is 14.8. The molecule has 5 rings (SSSR count). The number of aromatic nitrogens is 5. The van der Waals surface area contributed by atoms with E-state index in [2.05, 4.69) is 10.1 Å². The number of hydrogen-bond donors (Lipinski definition) is 1. The molecular formula is C18H12ClN5S. The van der Waals surface area contributed by atoms with Crippen molar-refractivity contribution in [2.75, 3.05) is 0 Å². The monoisotopic (exact) mass is 365 g/mol. The Bertz CT molecular complexity index is 1180. The van der Waals surface area contributed by atoms with Crippen LogP contribution < -0.4 is 0 Å². The molecule has 0 aliphatic carbocycles. The summed E-state index contributed by atoms with van der Waals surface area (Å²) >= 11 is 7.59. The molecule has 0 saturated carbocycles. The highest BCUT2D eigenvalue weighted by atomic mass is 35.5. The van der Waals surface area contributed by atoms with Crippen LogP contribution in [0.15, 0.2) is 48.5 Å². The lowest BCUT2D eigenvalue weighted by Crippen LogP contribution is -1.93. The first-order chi connectivity index (χ1) is 12.2. The lowest BCUT2D eigenvalue weighted by molar-refractivity contribution is 0.945. The molecule has 0 aliphatic rings. The Morgan fingerprint density at radius 3 is 2.64 bits per heavy atom. The summed E-state index contributed by atoms with van der Waals surface area (Å²) in [6, 6.07) is 15.6. The van der Waals surface area contributed by atoms with Crippen LogP contribution in [0.2, 0.25) is 5.02 Å². The van der Waals surface area contributed by atoms with Gasteiger partial charge < -0.3 is 4.98 Å². The molecule has 0 radical (unpaired) electrons. The first-order valence-electron chi connectivity index (χ1n) is 7.76. The number of H-pyrrole nitrogens is 1. The molecule has 122 valence electrons. The van der Waals surface area contributed by atoms with Gasteiger partial charge in [0.15, 0.2) is 5.82 Å². The van der Waals surface area contributed by atoms with E-state index in [1.165, 1.54) is 0 Å². The van der Waals surface area contributed by atoms with Gasteiger partial charge in [0, 0.05) is 10.6 Å². The fraction of sp³-hybridized carbons (Fsp3) is 0.0556. The van der Waals surface area contributed by atoms with Gasteiger partial charge in [0.2, 0.25) is 4.96 Å². The van der Waals surface area contributed by atoms with Crippen molar-refractivity contribution in [3.8, 4) is 22.8 Å². The second-order valence-corrected chi connectivity index (χ2v) is 7.33. The van der Waals surface area contributed by atoms with Crippen molar-refractivity contribution in [1.82, 2.24) is 24.6 Å². The molecule has 0 bridgehead atoms. The SMILES string of the molecule is Cc1nn2c(-c3nc4ccccc4[nH]3)c(-c3ccc(Cl)cc3)nc2s1. The van der Waals surface area contributed by atoms with E-state index in [0.717, 1.165) is 43.8 Å². The van der Waals surface area contributed by atoms with Gasteiger partial charge in [0.25, 0.3) is 0 Å². The number of fused-ring (bicyclic) bond motifs is 2. The molecule has 3 heterocycles. The smallest absolute Gasteiger partial charge is 0.213 e. The summed E-state index contributed by atoms with van der Waals surface area (Å²) in [5.41, 5.74) is 4.59. The van der Waals surface area contributed by atoms with Crippen LogP contribution in [-0.2, 0) is 0 Å². The van der Waals surface area contributed by atoms with Gasteiger partial charge >= 0.3 is 0 Å². The number of benzene rings is 2. The van der Waals surface area contributed by atoms with E-state index in [1.807, 2.05) is 60.0 Å². The summed E-state index contributed by atoms with van der Waals surface area (Å²) in [5.74, 6) is 0.754. The zero-order valence-electron chi connectivity index (χ0n) is 13.2. The highest BCUT2D eigenvalue weighted by Gasteiger charge is 2.21. The second-order valence-electron chi connectivity index (χ2n) is 5.73. The maximum Gasteiger partial charge on any atom is 0.213 e. The molecule has 5 aromatic rings. The number of nitrogens with one attached hydrogen (secondary N) is 1. The Morgan fingerprint density at radius 2 is 1.84 bits per heavy atom. The lowest BCUT2D eigenvalue weighted by atomic mass is 10.1. The minimum atomic E-state index is 0.698. The van der Waals surface area contributed by atoms with E-state index in [9.17, 15) is 0 Å². The summed E-state index contributed by atoms with van der Waals surface area (Å²) in [6.45, 7) is 1.98. The number of nitrogens with zero attached hydrogens (tertiary/aromatic N) is 4. The Morgan fingerprint density at radius 1 is 1.04 bits per heavy atom. The van der Waals surface area contributed by atoms with E-state index in [1.54, 1.807) is 11.3 Å². The lowest BCUT2D eigenvalue weighted by Gasteiger charge is -2.01. The Balaban J connectivity index is 1.82. The van der Waals surface area contributed by atoms with Crippen molar-refractivity contribution in [1.29, 1.82) is 0 Å². The number of halogens is 1. The van der Waals surface area contributed by atoms with Crippen LogP contribution in [0.25, 0.3) is 38.8 Å². The molecule has 0 amide bonds. The fourth-order valence-corrected chi connectivity index (χ4v) is 3.80. The minimum Gasteiger partial charge on any atom is -0.337 e. The first kappa shape index (κ1) is 14.6. The first-order valence-corrected chi connectivity index (χ1v) is 8.96. The molecule has 0 atom stereocenters. The minimum absolute atomic E-state index is 0.698. The van der Waals surface area contributed by atoms with Gasteiger partial charge in [-0.1, -0.05) is 47.2 Å². The third kappa shape index (κ3) is 2.33. The number of rotatable bonds is 2. The maximum atomic E-state index is 6.03. The maximum absolute atomic E-state index is 6.03. The topological polar surface area (TPSA) is 58.9 Å². The van der Waals surface area contributed by atoms with Crippen LogP contribution >= 0.6 is 22.9 Å². The fourth-order valence-electron chi connectivity index (χ4n) is 2.93. The second kappa shape index (κ2) is 5.40. The summed E-state index contributed by atoms with van der Waals surface area (Å²) in [4.78, 5) is 13.8. The molecule has 25 heavy (non-hydrogen) atoms. The molecule has 3 aromatic heterocycles. The number of hydrogen-bond acceptors (Lipinski definition) is 4. The van der Waals surface area contributed by atoms with Gasteiger partial charge in [-0.05, 0) is 31.2 Å². The predicted molar refractivity (Wildman–Crippen MR) is 101 cm³/mol. The quantitative estimate of drug-likeness (QED) is 0.481. The van der Waals surface area contributed by atoms with Crippen LogP contribution in [0.3, 0.4) is 0 Å². The van der Waals surface area contributed by atoms with Crippen LogP contribution in [0.4, 0.5) is 0 Å². The molecule has 5 nitrogen and oxygen atoms in total. The molecule has 0 spiro atoms. The van der Waals surface area contributed by atoms with Gasteiger partial charge in [0.1, 0.15) is 16.4 Å². The molecule has 2 aromatic carbocycles. The van der Waals surface area contributed by atoms with Crippen LogP contribution in [0, 0.1) is 6.92 Å². The van der Waals surface area contributed by atoms with Gasteiger partial charge in [-0.15, -0.1) is 0 Å². The summed E-state index contributed by atoms with van der Waals surface area (Å²) in [7, 11) is 0. The van der Waals surface area contributed by atoms with Crippen molar-refractivity contribution in [2.45, 2.75) is 6.92 Å². The predicted octanol–water partition coefficient (Wildman–Crippen LogP) is 4.96. The highest BCUT2D eigenvalue weighted by molar-refractivity contribution is 7.16. The Labute approximate surface area is 151 Å². The average molecular weight is 366 g/mol. The Kier molecular flexibility index (Phi) is 3.16. The van der Waals surface area contributed by atoms with Crippen LogP contribution in [0.1, 0.15) is 5.01 Å². The summed E-state index contributed by atoms with van der Waals surface area (Å²) in [6.07, 6.45) is 0. The summed E-state index contributed by atoms with van der Waals surface area (Å²) < 4.78 is 1.86. The van der Waals surface area contributed by atoms with Crippen molar-refractivity contribution in [2.24, 2.45) is 0 Å². The van der Waals surface area contributed by atoms with Gasteiger partial charge in [-0.25, -0.2) is 9.97 Å². The van der Waals surface area contributed by atoms with Gasteiger partial charge in [0.05, 0.1) is 11.0 Å². The highest BCUT2D eigenvalue weighted by Crippen LogP contribution is 2.34. The normalized spacial score (nSPS) is 11.6. The van der Waals surface area contributed by atoms with Crippen molar-refractivity contribution in [3.63, 3.8) is 0 Å². The van der Waals surface area contributed by atoms with Crippen LogP contribution in [0.5, 0.6) is 0 Å².